The summed E-state index contributed by atoms with van der Waals surface area (Å²) in [6.45, 7) is 0. The first kappa shape index (κ1) is 16.1. The Morgan fingerprint density at radius 1 is 1.33 bits per heavy atom. The number of carbonyl (C=O) groups is 1. The molecule has 7 heteroatoms. The average molecular weight is 331 g/mol. The van der Waals surface area contributed by atoms with Gasteiger partial charge in [0.1, 0.15) is 5.75 Å². The first-order valence-electron chi connectivity index (χ1n) is 6.91. The van der Waals surface area contributed by atoms with Gasteiger partial charge in [-0.2, -0.15) is 0 Å². The van der Waals surface area contributed by atoms with Crippen LogP contribution in [0.15, 0.2) is 18.2 Å². The van der Waals surface area contributed by atoms with Crippen LogP contribution >= 0.6 is 11.6 Å². The number of anilines is 2. The van der Waals surface area contributed by atoms with Crippen LogP contribution < -0.4 is 11.1 Å². The lowest BCUT2D eigenvalue weighted by atomic mass is 10.1. The zero-order valence-electron chi connectivity index (χ0n) is 11.6. The summed E-state index contributed by atoms with van der Waals surface area (Å²) in [6, 6.07) is 4.66. The molecule has 1 aliphatic rings. The molecule has 5 nitrogen and oxygen atoms in total. The van der Waals surface area contributed by atoms with Crippen molar-refractivity contribution in [1.82, 2.24) is 0 Å². The van der Waals surface area contributed by atoms with Gasteiger partial charge in [-0.15, -0.1) is 0 Å². The number of hydrogen-bond donors (Lipinski definition) is 2. The number of amides is 1. The number of halogens is 1. The normalized spacial score (nSPS) is 16.0. The van der Waals surface area contributed by atoms with Crippen LogP contribution in [0.25, 0.3) is 0 Å². The molecular formula is C14H19ClN2O3S. The molecular weight excluding hydrogens is 312 g/mol. The van der Waals surface area contributed by atoms with Gasteiger partial charge in [-0.05, 0) is 37.0 Å². The highest BCUT2D eigenvalue weighted by molar-refractivity contribution is 7.92. The van der Waals surface area contributed by atoms with Crippen LogP contribution in [-0.2, 0) is 14.6 Å². The zero-order chi connectivity index (χ0) is 15.5. The van der Waals surface area contributed by atoms with E-state index >= 15 is 0 Å². The Bertz CT molecular complexity index is 625. The van der Waals surface area contributed by atoms with E-state index in [9.17, 15) is 13.2 Å². The third-order valence-corrected chi connectivity index (χ3v) is 5.52. The van der Waals surface area contributed by atoms with E-state index in [1.165, 1.54) is 6.07 Å². The molecule has 0 spiro atoms. The second-order valence-corrected chi connectivity index (χ2v) is 8.03. The summed E-state index contributed by atoms with van der Waals surface area (Å²) in [5.41, 5.74) is 6.40. The van der Waals surface area contributed by atoms with Crippen LogP contribution in [0.1, 0.15) is 25.7 Å². The molecule has 0 bridgehead atoms. The molecule has 1 fully saturated rings. The van der Waals surface area contributed by atoms with E-state index in [4.69, 9.17) is 17.3 Å². The minimum absolute atomic E-state index is 0.0887. The molecule has 21 heavy (non-hydrogen) atoms. The van der Waals surface area contributed by atoms with E-state index in [1.54, 1.807) is 12.1 Å². The first-order chi connectivity index (χ1) is 9.85. The SMILES string of the molecule is Nc1ccc(Cl)cc1NC(=O)CS(=O)(=O)CC1CCCC1. The Balaban J connectivity index is 1.95. The predicted molar refractivity (Wildman–Crippen MR) is 85.1 cm³/mol. The molecule has 0 atom stereocenters. The summed E-state index contributed by atoms with van der Waals surface area (Å²) in [5, 5.41) is 2.93. The van der Waals surface area contributed by atoms with Crippen LogP contribution in [0.4, 0.5) is 11.4 Å². The van der Waals surface area contributed by atoms with Gasteiger partial charge in [0.2, 0.25) is 5.91 Å². The Morgan fingerprint density at radius 2 is 2.00 bits per heavy atom. The van der Waals surface area contributed by atoms with Gasteiger partial charge in [0, 0.05) is 5.02 Å². The quantitative estimate of drug-likeness (QED) is 0.811. The van der Waals surface area contributed by atoms with Gasteiger partial charge in [-0.25, -0.2) is 8.42 Å². The number of nitrogen functional groups attached to an aromatic ring is 1. The van der Waals surface area contributed by atoms with Crippen molar-refractivity contribution >= 4 is 38.7 Å². The molecule has 116 valence electrons. The monoisotopic (exact) mass is 330 g/mol. The largest absolute Gasteiger partial charge is 0.397 e. The molecule has 1 aromatic rings. The van der Waals surface area contributed by atoms with Crippen molar-refractivity contribution in [2.45, 2.75) is 25.7 Å². The van der Waals surface area contributed by atoms with Crippen molar-refractivity contribution in [1.29, 1.82) is 0 Å². The fourth-order valence-electron chi connectivity index (χ4n) is 2.62. The van der Waals surface area contributed by atoms with Gasteiger partial charge < -0.3 is 11.1 Å². The molecule has 2 rings (SSSR count). The van der Waals surface area contributed by atoms with Crippen molar-refractivity contribution in [3.63, 3.8) is 0 Å². The highest BCUT2D eigenvalue weighted by Crippen LogP contribution is 2.26. The second kappa shape index (κ2) is 6.66. The predicted octanol–water partition coefficient (Wildman–Crippen LogP) is 2.47. The Hall–Kier alpha value is -1.27. The summed E-state index contributed by atoms with van der Waals surface area (Å²) in [6.07, 6.45) is 4.01. The van der Waals surface area contributed by atoms with Crippen LogP contribution in [0.5, 0.6) is 0 Å². The number of benzene rings is 1. The highest BCUT2D eigenvalue weighted by Gasteiger charge is 2.24. The summed E-state index contributed by atoms with van der Waals surface area (Å²) >= 11 is 5.82. The highest BCUT2D eigenvalue weighted by atomic mass is 35.5. The molecule has 0 aromatic heterocycles. The third-order valence-electron chi connectivity index (χ3n) is 3.60. The number of carbonyl (C=O) groups excluding carboxylic acids is 1. The number of hydrogen-bond acceptors (Lipinski definition) is 4. The molecule has 0 heterocycles. The fraction of sp³-hybridized carbons (Fsp3) is 0.500. The molecule has 0 unspecified atom stereocenters. The number of nitrogens with one attached hydrogen (secondary N) is 1. The summed E-state index contributed by atoms with van der Waals surface area (Å²) in [7, 11) is -3.39. The summed E-state index contributed by atoms with van der Waals surface area (Å²) in [5.74, 6) is -0.818. The van der Waals surface area contributed by atoms with Crippen LogP contribution in [-0.4, -0.2) is 25.8 Å². The van der Waals surface area contributed by atoms with Crippen LogP contribution in [0.3, 0.4) is 0 Å². The average Bonchev–Trinajstić information content (AvgIpc) is 2.84. The standard InChI is InChI=1S/C14H19ClN2O3S/c15-11-5-6-12(16)13(7-11)17-14(18)9-21(19,20)8-10-3-1-2-4-10/h5-7,10H,1-4,8-9,16H2,(H,17,18). The van der Waals surface area contributed by atoms with Crippen molar-refractivity contribution < 1.29 is 13.2 Å². The Labute approximate surface area is 129 Å². The van der Waals surface area contributed by atoms with Gasteiger partial charge >= 0.3 is 0 Å². The molecule has 0 aliphatic heterocycles. The van der Waals surface area contributed by atoms with E-state index in [0.717, 1.165) is 25.7 Å². The van der Waals surface area contributed by atoms with Crippen LogP contribution in [0, 0.1) is 5.92 Å². The smallest absolute Gasteiger partial charge is 0.239 e. The van der Waals surface area contributed by atoms with E-state index in [0.29, 0.717) is 16.4 Å². The lowest BCUT2D eigenvalue weighted by molar-refractivity contribution is -0.113. The number of rotatable bonds is 5. The molecule has 1 aliphatic carbocycles. The fourth-order valence-corrected chi connectivity index (χ4v) is 4.43. The molecule has 0 radical (unpaired) electrons. The minimum atomic E-state index is -3.39. The van der Waals surface area contributed by atoms with Gasteiger partial charge in [-0.1, -0.05) is 24.4 Å². The van der Waals surface area contributed by atoms with Gasteiger partial charge in [0.05, 0.1) is 17.1 Å². The first-order valence-corrected chi connectivity index (χ1v) is 9.11. The molecule has 1 aromatic carbocycles. The minimum Gasteiger partial charge on any atom is -0.397 e. The number of nitrogens with two attached hydrogens (primary N) is 1. The summed E-state index contributed by atoms with van der Waals surface area (Å²) < 4.78 is 24.0. The van der Waals surface area contributed by atoms with Crippen LogP contribution in [0.2, 0.25) is 5.02 Å². The Kier molecular flexibility index (Phi) is 5.11. The third kappa shape index (κ3) is 4.89. The Morgan fingerprint density at radius 3 is 2.67 bits per heavy atom. The lowest BCUT2D eigenvalue weighted by Gasteiger charge is -2.11. The molecule has 3 N–H and O–H groups in total. The van der Waals surface area contributed by atoms with E-state index < -0.39 is 21.5 Å². The number of sulfone groups is 1. The van der Waals surface area contributed by atoms with Crippen molar-refractivity contribution in [2.75, 3.05) is 22.6 Å². The maximum absolute atomic E-state index is 12.0. The van der Waals surface area contributed by atoms with Crippen molar-refractivity contribution in [3.05, 3.63) is 23.2 Å². The lowest BCUT2D eigenvalue weighted by Crippen LogP contribution is -2.27. The maximum Gasteiger partial charge on any atom is 0.239 e. The maximum atomic E-state index is 12.0. The van der Waals surface area contributed by atoms with E-state index in [-0.39, 0.29) is 11.7 Å². The van der Waals surface area contributed by atoms with E-state index in [2.05, 4.69) is 5.32 Å². The molecule has 0 saturated heterocycles. The topological polar surface area (TPSA) is 89.3 Å². The summed E-state index contributed by atoms with van der Waals surface area (Å²) in [4.78, 5) is 11.9. The van der Waals surface area contributed by atoms with Gasteiger partial charge in [0.25, 0.3) is 0 Å². The second-order valence-electron chi connectivity index (χ2n) is 5.48. The molecule has 1 saturated carbocycles. The van der Waals surface area contributed by atoms with E-state index in [1.807, 2.05) is 0 Å². The van der Waals surface area contributed by atoms with Crippen molar-refractivity contribution in [3.8, 4) is 0 Å². The van der Waals surface area contributed by atoms with Gasteiger partial charge in [-0.3, -0.25) is 4.79 Å². The molecule has 1 amide bonds. The van der Waals surface area contributed by atoms with Crippen molar-refractivity contribution in [2.24, 2.45) is 5.92 Å². The van der Waals surface area contributed by atoms with Gasteiger partial charge in [0.15, 0.2) is 9.84 Å². The zero-order valence-corrected chi connectivity index (χ0v) is 13.2.